The Bertz CT molecular complexity index is 202. The summed E-state index contributed by atoms with van der Waals surface area (Å²) in [6, 6.07) is 0.0671. The van der Waals surface area contributed by atoms with Crippen LogP contribution < -0.4 is 5.73 Å². The molecule has 0 aliphatic rings. The lowest BCUT2D eigenvalue weighted by Gasteiger charge is -2.22. The molecule has 0 aromatic rings. The van der Waals surface area contributed by atoms with E-state index in [1.807, 2.05) is 6.92 Å². The van der Waals surface area contributed by atoms with E-state index in [0.29, 0.717) is 5.57 Å². The van der Waals surface area contributed by atoms with Gasteiger partial charge < -0.3 is 10.8 Å². The van der Waals surface area contributed by atoms with Gasteiger partial charge in [-0.05, 0) is 20.4 Å². The van der Waals surface area contributed by atoms with Gasteiger partial charge in [0.1, 0.15) is 0 Å². The largest absolute Gasteiger partial charge is 0.381 e. The molecule has 0 spiro atoms. The zero-order chi connectivity index (χ0) is 10.4. The first-order chi connectivity index (χ1) is 6.02. The molecule has 0 aliphatic carbocycles. The summed E-state index contributed by atoms with van der Waals surface area (Å²) in [5, 5.41) is 8.87. The average molecular weight is 186 g/mol. The molecule has 0 saturated heterocycles. The molecule has 4 nitrogen and oxygen atoms in total. The second kappa shape index (κ2) is 5.72. The zero-order valence-corrected chi connectivity index (χ0v) is 8.45. The van der Waals surface area contributed by atoms with Crippen molar-refractivity contribution in [1.29, 1.82) is 0 Å². The highest BCUT2D eigenvalue weighted by atomic mass is 16.3. The molecule has 0 radical (unpaired) electrons. The van der Waals surface area contributed by atoms with E-state index in [4.69, 9.17) is 10.8 Å². The molecule has 76 valence electrons. The number of aliphatic hydroxyl groups excluding tert-OH is 1. The van der Waals surface area contributed by atoms with Crippen molar-refractivity contribution in [2.45, 2.75) is 26.3 Å². The molecule has 0 saturated carbocycles. The fourth-order valence-corrected chi connectivity index (χ4v) is 1.03. The minimum absolute atomic E-state index is 0.0267. The molecule has 3 N–H and O–H groups in total. The second-order valence-corrected chi connectivity index (χ2v) is 3.09. The third kappa shape index (κ3) is 4.05. The van der Waals surface area contributed by atoms with Crippen molar-refractivity contribution in [3.8, 4) is 0 Å². The molecular weight excluding hydrogens is 168 g/mol. The molecule has 1 amide bonds. The van der Waals surface area contributed by atoms with Gasteiger partial charge in [0.2, 0.25) is 5.91 Å². The number of carbonyl (C=O) groups is 1. The van der Waals surface area contributed by atoms with Crippen LogP contribution in [0.2, 0.25) is 0 Å². The lowest BCUT2D eigenvalue weighted by molar-refractivity contribution is -0.114. The maximum atomic E-state index is 10.7. The molecule has 13 heavy (non-hydrogen) atoms. The summed E-state index contributed by atoms with van der Waals surface area (Å²) in [5.41, 5.74) is 5.63. The van der Waals surface area contributed by atoms with Crippen LogP contribution in [0.15, 0.2) is 11.6 Å². The zero-order valence-electron chi connectivity index (χ0n) is 8.45. The first-order valence-electron chi connectivity index (χ1n) is 4.32. The van der Waals surface area contributed by atoms with Crippen molar-refractivity contribution in [3.05, 3.63) is 11.6 Å². The van der Waals surface area contributed by atoms with Gasteiger partial charge in [-0.2, -0.15) is 0 Å². The van der Waals surface area contributed by atoms with Gasteiger partial charge in [-0.15, -0.1) is 0 Å². The summed E-state index contributed by atoms with van der Waals surface area (Å²) in [6.07, 6.45) is 2.61. The number of hydrogen-bond acceptors (Lipinski definition) is 3. The third-order valence-corrected chi connectivity index (χ3v) is 2.04. The fraction of sp³-hybridized carbons (Fsp3) is 0.667. The van der Waals surface area contributed by atoms with Crippen LogP contribution in [0, 0.1) is 0 Å². The minimum atomic E-state index is -0.412. The molecule has 4 heteroatoms. The van der Waals surface area contributed by atoms with Crippen molar-refractivity contribution in [2.75, 3.05) is 13.8 Å². The number of primary amides is 1. The lowest BCUT2D eigenvalue weighted by Crippen LogP contribution is -2.31. The van der Waals surface area contributed by atoms with Crippen LogP contribution in [0.5, 0.6) is 0 Å². The smallest absolute Gasteiger partial charge is 0.244 e. The van der Waals surface area contributed by atoms with Crippen molar-refractivity contribution >= 4 is 5.91 Å². The summed E-state index contributed by atoms with van der Waals surface area (Å²) < 4.78 is 0. The highest BCUT2D eigenvalue weighted by Gasteiger charge is 2.09. The topological polar surface area (TPSA) is 66.6 Å². The van der Waals surface area contributed by atoms with E-state index in [-0.39, 0.29) is 12.8 Å². The Labute approximate surface area is 79.0 Å². The number of aliphatic hydroxyl groups is 1. The highest BCUT2D eigenvalue weighted by Crippen LogP contribution is 2.05. The highest BCUT2D eigenvalue weighted by molar-refractivity contribution is 5.91. The normalized spacial score (nSPS) is 14.7. The van der Waals surface area contributed by atoms with Gasteiger partial charge in [0.15, 0.2) is 0 Å². The summed E-state index contributed by atoms with van der Waals surface area (Å²) in [4.78, 5) is 12.5. The molecule has 0 rings (SSSR count). The Morgan fingerprint density at radius 2 is 2.23 bits per heavy atom. The molecule has 0 fully saturated rings. The van der Waals surface area contributed by atoms with Crippen molar-refractivity contribution < 1.29 is 9.90 Å². The number of nitrogens with zero attached hydrogens (tertiary/aromatic N) is 1. The molecule has 0 aromatic carbocycles. The maximum Gasteiger partial charge on any atom is 0.244 e. The van der Waals surface area contributed by atoms with Gasteiger partial charge in [0, 0.05) is 11.6 Å². The molecule has 0 aromatic heterocycles. The van der Waals surface area contributed by atoms with Gasteiger partial charge in [0.25, 0.3) is 0 Å². The van der Waals surface area contributed by atoms with E-state index in [1.54, 1.807) is 24.9 Å². The van der Waals surface area contributed by atoms with Crippen molar-refractivity contribution in [2.24, 2.45) is 5.73 Å². The average Bonchev–Trinajstić information content (AvgIpc) is 2.12. The van der Waals surface area contributed by atoms with E-state index in [2.05, 4.69) is 0 Å². The number of hydrogen-bond donors (Lipinski definition) is 2. The van der Waals surface area contributed by atoms with Gasteiger partial charge in [0.05, 0.1) is 6.73 Å². The third-order valence-electron chi connectivity index (χ3n) is 2.04. The summed E-state index contributed by atoms with van der Waals surface area (Å²) in [6.45, 7) is 3.64. The molecular formula is C9H18N2O2. The Morgan fingerprint density at radius 3 is 2.54 bits per heavy atom. The maximum absolute atomic E-state index is 10.7. The van der Waals surface area contributed by atoms with Crippen LogP contribution in [0.25, 0.3) is 0 Å². The first kappa shape index (κ1) is 12.1. The summed E-state index contributed by atoms with van der Waals surface area (Å²) >= 11 is 0. The van der Waals surface area contributed by atoms with E-state index < -0.39 is 5.91 Å². The number of likely N-dealkylation sites (N-methyl/N-ethyl adjacent to an activating group) is 1. The fourth-order valence-electron chi connectivity index (χ4n) is 1.03. The number of rotatable bonds is 5. The van der Waals surface area contributed by atoms with Crippen LogP contribution >= 0.6 is 0 Å². The predicted octanol–water partition coefficient (Wildman–Crippen LogP) is 0.0782. The van der Waals surface area contributed by atoms with Crippen LogP contribution in [0.3, 0.4) is 0 Å². The second-order valence-electron chi connectivity index (χ2n) is 3.09. The van der Waals surface area contributed by atoms with Gasteiger partial charge >= 0.3 is 0 Å². The Balaban J connectivity index is 4.43. The number of nitrogens with two attached hydrogens (primary N) is 1. The van der Waals surface area contributed by atoms with E-state index in [1.165, 1.54) is 0 Å². The van der Waals surface area contributed by atoms with Crippen molar-refractivity contribution in [3.63, 3.8) is 0 Å². The number of amides is 1. The Kier molecular flexibility index (Phi) is 5.34. The van der Waals surface area contributed by atoms with Crippen LogP contribution in [-0.2, 0) is 4.79 Å². The summed E-state index contributed by atoms with van der Waals surface area (Å²) in [7, 11) is 1.79. The first-order valence-corrected chi connectivity index (χ1v) is 4.32. The van der Waals surface area contributed by atoms with Crippen molar-refractivity contribution in [1.82, 2.24) is 4.90 Å². The van der Waals surface area contributed by atoms with Crippen LogP contribution in [0.1, 0.15) is 20.3 Å². The molecule has 0 bridgehead atoms. The predicted molar refractivity (Wildman–Crippen MR) is 51.9 cm³/mol. The Morgan fingerprint density at radius 1 is 1.69 bits per heavy atom. The summed E-state index contributed by atoms with van der Waals surface area (Å²) in [5.74, 6) is -0.412. The number of carbonyl (C=O) groups excluding carboxylic acids is 1. The Hall–Kier alpha value is -0.870. The lowest BCUT2D eigenvalue weighted by atomic mass is 10.1. The minimum Gasteiger partial charge on any atom is -0.381 e. The SMILES string of the molecule is CCC(/C=C(\C)C(N)=O)N(C)CO. The molecule has 0 heterocycles. The van der Waals surface area contributed by atoms with Crippen LogP contribution in [-0.4, -0.2) is 35.7 Å². The van der Waals surface area contributed by atoms with E-state index >= 15 is 0 Å². The molecule has 0 aliphatic heterocycles. The molecule has 1 atom stereocenters. The molecule has 1 unspecified atom stereocenters. The monoisotopic (exact) mass is 186 g/mol. The van der Waals surface area contributed by atoms with Gasteiger partial charge in [-0.3, -0.25) is 9.69 Å². The van der Waals surface area contributed by atoms with Crippen LogP contribution in [0.4, 0.5) is 0 Å². The quantitative estimate of drug-likeness (QED) is 0.472. The van der Waals surface area contributed by atoms with Gasteiger partial charge in [-0.1, -0.05) is 13.0 Å². The van der Waals surface area contributed by atoms with E-state index in [9.17, 15) is 4.79 Å². The van der Waals surface area contributed by atoms with E-state index in [0.717, 1.165) is 6.42 Å². The standard InChI is InChI=1S/C9H18N2O2/c1-4-8(11(3)6-12)5-7(2)9(10)13/h5,8,12H,4,6H2,1-3H3,(H2,10,13)/b7-5+. The van der Waals surface area contributed by atoms with Gasteiger partial charge in [-0.25, -0.2) is 0 Å².